The Kier molecular flexibility index (Phi) is 2.30. The molecule has 1 aliphatic rings. The number of hydrogen-bond acceptors (Lipinski definition) is 3. The van der Waals surface area contributed by atoms with Crippen molar-refractivity contribution in [3.63, 3.8) is 0 Å². The predicted octanol–water partition coefficient (Wildman–Crippen LogP) is -0.246. The highest BCUT2D eigenvalue weighted by molar-refractivity contribution is 6.05. The van der Waals surface area contributed by atoms with Gasteiger partial charge in [-0.1, -0.05) is 0 Å². The van der Waals surface area contributed by atoms with Gasteiger partial charge in [0.25, 0.3) is 0 Å². The van der Waals surface area contributed by atoms with E-state index < -0.39 is 0 Å². The smallest absolute Gasteiger partial charge is 0.230 e. The number of aromatic amines is 1. The second-order valence-electron chi connectivity index (χ2n) is 3.36. The maximum absolute atomic E-state index is 11.2. The number of amides is 1. The molecule has 1 amide bonds. The van der Waals surface area contributed by atoms with Gasteiger partial charge in [-0.05, 0) is 6.07 Å². The van der Waals surface area contributed by atoms with E-state index in [-0.39, 0.29) is 24.7 Å². The van der Waals surface area contributed by atoms with Gasteiger partial charge in [-0.2, -0.15) is 5.10 Å². The van der Waals surface area contributed by atoms with Crippen LogP contribution in [0.3, 0.4) is 0 Å². The Morgan fingerprint density at radius 2 is 2.36 bits per heavy atom. The number of nitrogens with one attached hydrogen (secondary N) is 1. The highest BCUT2D eigenvalue weighted by Crippen LogP contribution is 2.07. The molecule has 0 spiro atoms. The first-order chi connectivity index (χ1) is 6.75. The first-order valence-electron chi connectivity index (χ1n) is 4.53. The largest absolute Gasteiger partial charge is 0.335 e. The number of Topliss-reactive ketones (excluding diaryl/α,β-unsaturated/α-hetero) is 1. The monoisotopic (exact) mass is 193 g/mol. The zero-order valence-electron chi connectivity index (χ0n) is 7.69. The number of rotatable bonds is 3. The molecule has 0 aromatic carbocycles. The van der Waals surface area contributed by atoms with Crippen LogP contribution in [0.4, 0.5) is 0 Å². The number of aromatic nitrogens is 2. The molecule has 2 heterocycles. The van der Waals surface area contributed by atoms with Gasteiger partial charge in [0.2, 0.25) is 5.91 Å². The van der Waals surface area contributed by atoms with E-state index in [0.29, 0.717) is 6.54 Å². The first-order valence-corrected chi connectivity index (χ1v) is 4.53. The molecular formula is C9H11N3O2. The Morgan fingerprint density at radius 1 is 1.50 bits per heavy atom. The van der Waals surface area contributed by atoms with Crippen molar-refractivity contribution in [3.05, 3.63) is 18.0 Å². The molecule has 0 unspecified atom stereocenters. The molecular weight excluding hydrogens is 182 g/mol. The molecule has 1 aliphatic heterocycles. The molecule has 0 aliphatic carbocycles. The lowest BCUT2D eigenvalue weighted by atomic mass is 10.3. The van der Waals surface area contributed by atoms with Crippen LogP contribution in [0.25, 0.3) is 0 Å². The van der Waals surface area contributed by atoms with E-state index in [9.17, 15) is 9.59 Å². The Morgan fingerprint density at radius 3 is 2.93 bits per heavy atom. The van der Waals surface area contributed by atoms with Crippen molar-refractivity contribution in [1.82, 2.24) is 15.1 Å². The summed E-state index contributed by atoms with van der Waals surface area (Å²) >= 11 is 0. The molecule has 1 aromatic rings. The van der Waals surface area contributed by atoms with E-state index in [1.54, 1.807) is 11.1 Å². The van der Waals surface area contributed by atoms with Gasteiger partial charge in [0, 0.05) is 24.9 Å². The fourth-order valence-electron chi connectivity index (χ4n) is 1.52. The zero-order valence-corrected chi connectivity index (χ0v) is 7.69. The number of likely N-dealkylation sites (tertiary alicyclic amines) is 1. The fraction of sp³-hybridized carbons (Fsp3) is 0.444. The summed E-state index contributed by atoms with van der Waals surface area (Å²) in [6.07, 6.45) is 2.47. The third-order valence-corrected chi connectivity index (χ3v) is 2.28. The van der Waals surface area contributed by atoms with Crippen molar-refractivity contribution in [2.24, 2.45) is 0 Å². The second kappa shape index (κ2) is 3.61. The molecule has 0 bridgehead atoms. The van der Waals surface area contributed by atoms with Crippen LogP contribution in [0.1, 0.15) is 12.1 Å². The predicted molar refractivity (Wildman–Crippen MR) is 48.5 cm³/mol. The molecule has 1 saturated heterocycles. The number of carbonyl (C=O) groups is 2. The summed E-state index contributed by atoms with van der Waals surface area (Å²) in [7, 11) is 0. The van der Waals surface area contributed by atoms with Crippen LogP contribution in [0.15, 0.2) is 12.3 Å². The van der Waals surface area contributed by atoms with Gasteiger partial charge in [0.15, 0.2) is 5.78 Å². The minimum Gasteiger partial charge on any atom is -0.335 e. The highest BCUT2D eigenvalue weighted by Gasteiger charge is 2.26. The lowest BCUT2D eigenvalue weighted by Gasteiger charge is -2.12. The standard InChI is InChI=1S/C9H11N3O2/c13-8-5-9(14)12(6-8)4-2-7-1-3-10-11-7/h1,3H,2,4-6H2,(H,10,11). The van der Waals surface area contributed by atoms with Crippen molar-refractivity contribution in [2.45, 2.75) is 12.8 Å². The van der Waals surface area contributed by atoms with Crippen molar-refractivity contribution in [1.29, 1.82) is 0 Å². The Balaban J connectivity index is 1.87. The first kappa shape index (κ1) is 8.93. The van der Waals surface area contributed by atoms with E-state index in [4.69, 9.17) is 0 Å². The number of H-pyrrole nitrogens is 1. The number of carbonyl (C=O) groups excluding carboxylic acids is 2. The summed E-state index contributed by atoms with van der Waals surface area (Å²) in [6.45, 7) is 0.861. The van der Waals surface area contributed by atoms with Crippen LogP contribution >= 0.6 is 0 Å². The average molecular weight is 193 g/mol. The molecule has 5 heteroatoms. The Labute approximate surface area is 81.1 Å². The van der Waals surface area contributed by atoms with Crippen LogP contribution in [0.5, 0.6) is 0 Å². The topological polar surface area (TPSA) is 66.1 Å². The van der Waals surface area contributed by atoms with Crippen molar-refractivity contribution in [2.75, 3.05) is 13.1 Å². The highest BCUT2D eigenvalue weighted by atomic mass is 16.2. The van der Waals surface area contributed by atoms with Gasteiger partial charge in [0.1, 0.15) is 0 Å². The average Bonchev–Trinajstić information content (AvgIpc) is 2.72. The van der Waals surface area contributed by atoms with Crippen molar-refractivity contribution >= 4 is 11.7 Å². The van der Waals surface area contributed by atoms with Gasteiger partial charge in [-0.25, -0.2) is 0 Å². The minimum absolute atomic E-state index is 0.0135. The van der Waals surface area contributed by atoms with Crippen molar-refractivity contribution in [3.8, 4) is 0 Å². The number of hydrogen-bond donors (Lipinski definition) is 1. The third kappa shape index (κ3) is 1.81. The summed E-state index contributed by atoms with van der Waals surface area (Å²) in [5, 5.41) is 6.62. The Bertz CT molecular complexity index is 345. The van der Waals surface area contributed by atoms with Crippen LogP contribution in [-0.2, 0) is 16.0 Å². The quantitative estimate of drug-likeness (QED) is 0.673. The molecule has 74 valence electrons. The Hall–Kier alpha value is -1.65. The molecule has 2 rings (SSSR count). The summed E-state index contributed by atoms with van der Waals surface area (Å²) in [5.41, 5.74) is 0.983. The van der Waals surface area contributed by atoms with Gasteiger partial charge < -0.3 is 4.90 Å². The SMILES string of the molecule is O=C1CC(=O)N(CCc2ccn[nH]2)C1. The molecule has 5 nitrogen and oxygen atoms in total. The summed E-state index contributed by atoms with van der Waals surface area (Å²) < 4.78 is 0. The number of nitrogens with zero attached hydrogens (tertiary/aromatic N) is 2. The summed E-state index contributed by atoms with van der Waals surface area (Å²) in [4.78, 5) is 23.8. The normalized spacial score (nSPS) is 16.7. The lowest BCUT2D eigenvalue weighted by Crippen LogP contribution is -2.27. The second-order valence-corrected chi connectivity index (χ2v) is 3.36. The van der Waals surface area contributed by atoms with Gasteiger partial charge >= 0.3 is 0 Å². The third-order valence-electron chi connectivity index (χ3n) is 2.28. The molecule has 1 N–H and O–H groups in total. The lowest BCUT2D eigenvalue weighted by molar-refractivity contribution is -0.127. The molecule has 14 heavy (non-hydrogen) atoms. The van der Waals surface area contributed by atoms with Crippen LogP contribution in [0, 0.1) is 0 Å². The summed E-state index contributed by atoms with van der Waals surface area (Å²) in [5.74, 6) is -0.0471. The van der Waals surface area contributed by atoms with Gasteiger partial charge in [-0.3, -0.25) is 14.7 Å². The van der Waals surface area contributed by atoms with E-state index >= 15 is 0 Å². The van der Waals surface area contributed by atoms with Crippen LogP contribution in [0.2, 0.25) is 0 Å². The number of ketones is 1. The van der Waals surface area contributed by atoms with Crippen LogP contribution < -0.4 is 0 Å². The maximum Gasteiger partial charge on any atom is 0.230 e. The van der Waals surface area contributed by atoms with E-state index in [1.165, 1.54) is 0 Å². The maximum atomic E-state index is 11.2. The van der Waals surface area contributed by atoms with E-state index in [2.05, 4.69) is 10.2 Å². The van der Waals surface area contributed by atoms with Crippen LogP contribution in [-0.4, -0.2) is 39.9 Å². The fourth-order valence-corrected chi connectivity index (χ4v) is 1.52. The minimum atomic E-state index is -0.0606. The van der Waals surface area contributed by atoms with Gasteiger partial charge in [-0.15, -0.1) is 0 Å². The van der Waals surface area contributed by atoms with E-state index in [0.717, 1.165) is 12.1 Å². The molecule has 0 saturated carbocycles. The van der Waals surface area contributed by atoms with Gasteiger partial charge in [0.05, 0.1) is 13.0 Å². The molecule has 1 fully saturated rings. The molecule has 0 radical (unpaired) electrons. The zero-order chi connectivity index (χ0) is 9.97. The molecule has 1 aromatic heterocycles. The summed E-state index contributed by atoms with van der Waals surface area (Å²) in [6, 6.07) is 1.86. The van der Waals surface area contributed by atoms with Crippen molar-refractivity contribution < 1.29 is 9.59 Å². The molecule has 0 atom stereocenters. The van der Waals surface area contributed by atoms with E-state index in [1.807, 2.05) is 6.07 Å².